The van der Waals surface area contributed by atoms with Gasteiger partial charge in [0.25, 0.3) is 0 Å². The third-order valence-corrected chi connectivity index (χ3v) is 4.64. The van der Waals surface area contributed by atoms with E-state index in [0.717, 1.165) is 18.6 Å². The molecule has 3 rings (SSSR count). The molecular formula is C17H24N2O4. The summed E-state index contributed by atoms with van der Waals surface area (Å²) in [5.74, 6) is 0.393. The van der Waals surface area contributed by atoms with Crippen molar-refractivity contribution < 1.29 is 19.0 Å². The lowest BCUT2D eigenvalue weighted by Crippen LogP contribution is -2.67. The Bertz CT molecular complexity index is 517. The second-order valence-electron chi connectivity index (χ2n) is 6.16. The summed E-state index contributed by atoms with van der Waals surface area (Å²) in [5, 5.41) is 0. The van der Waals surface area contributed by atoms with Gasteiger partial charge < -0.3 is 19.1 Å². The van der Waals surface area contributed by atoms with Gasteiger partial charge in [-0.05, 0) is 31.0 Å². The Morgan fingerprint density at radius 2 is 2.17 bits per heavy atom. The summed E-state index contributed by atoms with van der Waals surface area (Å²) in [4.78, 5) is 17.8. The predicted molar refractivity (Wildman–Crippen MR) is 83.8 cm³/mol. The van der Waals surface area contributed by atoms with Gasteiger partial charge in [-0.3, -0.25) is 9.78 Å². The first-order chi connectivity index (χ1) is 11.2. The highest BCUT2D eigenvalue weighted by Gasteiger charge is 2.54. The lowest BCUT2D eigenvalue weighted by Gasteiger charge is -2.50. The highest BCUT2D eigenvalue weighted by Crippen LogP contribution is 2.40. The second kappa shape index (κ2) is 7.38. The van der Waals surface area contributed by atoms with Crippen molar-refractivity contribution in [2.75, 3.05) is 39.5 Å². The highest BCUT2D eigenvalue weighted by molar-refractivity contribution is 5.78. The maximum absolute atomic E-state index is 11.9. The molecular weight excluding hydrogens is 296 g/mol. The van der Waals surface area contributed by atoms with Gasteiger partial charge in [0.15, 0.2) is 0 Å². The number of ether oxygens (including phenoxy) is 3. The van der Waals surface area contributed by atoms with Gasteiger partial charge in [-0.15, -0.1) is 0 Å². The minimum atomic E-state index is -0.208. The molecule has 2 aliphatic heterocycles. The molecule has 0 N–H and O–H groups in total. The fraction of sp³-hybridized carbons (Fsp3) is 0.647. The molecule has 2 aliphatic rings. The van der Waals surface area contributed by atoms with Gasteiger partial charge in [0.2, 0.25) is 5.91 Å². The van der Waals surface area contributed by atoms with E-state index in [9.17, 15) is 4.79 Å². The average molecular weight is 320 g/mol. The number of likely N-dealkylation sites (tertiary alicyclic amines) is 1. The molecule has 0 aromatic carbocycles. The molecule has 23 heavy (non-hydrogen) atoms. The van der Waals surface area contributed by atoms with Crippen LogP contribution in [0.4, 0.5) is 0 Å². The summed E-state index contributed by atoms with van der Waals surface area (Å²) >= 11 is 0. The zero-order chi connectivity index (χ0) is 16.1. The predicted octanol–water partition coefficient (Wildman–Crippen LogP) is 1.25. The summed E-state index contributed by atoms with van der Waals surface area (Å²) in [6, 6.07) is 3.91. The molecule has 1 spiro atoms. The number of hydrogen-bond acceptors (Lipinski definition) is 5. The molecule has 2 fully saturated rings. The van der Waals surface area contributed by atoms with Crippen molar-refractivity contribution in [1.29, 1.82) is 0 Å². The normalized spacial score (nSPS) is 22.3. The smallest absolute Gasteiger partial charge is 0.248 e. The van der Waals surface area contributed by atoms with E-state index in [4.69, 9.17) is 14.2 Å². The lowest BCUT2D eigenvalue weighted by molar-refractivity contribution is -0.172. The summed E-state index contributed by atoms with van der Waals surface area (Å²) in [6.45, 7) is 5.92. The topological polar surface area (TPSA) is 60.9 Å². The van der Waals surface area contributed by atoms with Crippen molar-refractivity contribution >= 4 is 5.91 Å². The second-order valence-corrected chi connectivity index (χ2v) is 6.16. The van der Waals surface area contributed by atoms with Gasteiger partial charge in [-0.1, -0.05) is 0 Å². The van der Waals surface area contributed by atoms with Gasteiger partial charge in [0.1, 0.15) is 12.2 Å². The van der Waals surface area contributed by atoms with Crippen LogP contribution >= 0.6 is 0 Å². The largest absolute Gasteiger partial charge is 0.376 e. The molecule has 1 unspecified atom stereocenters. The number of carbonyl (C=O) groups excluding carboxylic acids is 1. The number of hydrogen-bond donors (Lipinski definition) is 0. The highest BCUT2D eigenvalue weighted by atomic mass is 16.5. The first kappa shape index (κ1) is 16.4. The number of rotatable bonds is 7. The molecule has 0 aliphatic carbocycles. The summed E-state index contributed by atoms with van der Waals surface area (Å²) in [5.41, 5.74) is 0.912. The number of aromatic nitrogens is 1. The van der Waals surface area contributed by atoms with Crippen molar-refractivity contribution in [3.8, 4) is 0 Å². The van der Waals surface area contributed by atoms with Crippen LogP contribution in [0.15, 0.2) is 24.5 Å². The molecule has 0 radical (unpaired) electrons. The van der Waals surface area contributed by atoms with Gasteiger partial charge in [0, 0.05) is 31.5 Å². The van der Waals surface area contributed by atoms with Crippen molar-refractivity contribution in [3.05, 3.63) is 30.1 Å². The molecule has 6 heteroatoms. The molecule has 1 aromatic heterocycles. The van der Waals surface area contributed by atoms with Crippen molar-refractivity contribution in [2.45, 2.75) is 25.6 Å². The van der Waals surface area contributed by atoms with Crippen LogP contribution in [0.2, 0.25) is 0 Å². The Kier molecular flexibility index (Phi) is 5.25. The van der Waals surface area contributed by atoms with Crippen LogP contribution in [0, 0.1) is 5.92 Å². The molecule has 2 saturated heterocycles. The minimum Gasteiger partial charge on any atom is -0.376 e. The monoisotopic (exact) mass is 320 g/mol. The molecule has 0 saturated carbocycles. The Labute approximate surface area is 136 Å². The summed E-state index contributed by atoms with van der Waals surface area (Å²) in [6.07, 6.45) is 4.53. The van der Waals surface area contributed by atoms with E-state index in [0.29, 0.717) is 38.8 Å². The van der Waals surface area contributed by atoms with Gasteiger partial charge in [0.05, 0.1) is 26.3 Å². The van der Waals surface area contributed by atoms with Gasteiger partial charge in [-0.2, -0.15) is 0 Å². The number of amides is 1. The van der Waals surface area contributed by atoms with Crippen LogP contribution in [0.25, 0.3) is 0 Å². The standard InChI is InChI=1S/C17H24N2O4/c1-2-21-11-16(20)19-12-17(13-19)15(5-8-23-17)10-22-9-14-3-6-18-7-4-14/h3-4,6-7,15H,2,5,8-13H2,1H3. The quantitative estimate of drug-likeness (QED) is 0.757. The maximum Gasteiger partial charge on any atom is 0.248 e. The van der Waals surface area contributed by atoms with Crippen LogP contribution in [0.3, 0.4) is 0 Å². The van der Waals surface area contributed by atoms with Crippen molar-refractivity contribution in [1.82, 2.24) is 9.88 Å². The summed E-state index contributed by atoms with van der Waals surface area (Å²) in [7, 11) is 0. The minimum absolute atomic E-state index is 0.0458. The number of carbonyl (C=O) groups is 1. The third-order valence-electron chi connectivity index (χ3n) is 4.64. The molecule has 1 aromatic rings. The van der Waals surface area contributed by atoms with Crippen LogP contribution < -0.4 is 0 Å². The van der Waals surface area contributed by atoms with E-state index >= 15 is 0 Å². The summed E-state index contributed by atoms with van der Waals surface area (Å²) < 4.78 is 17.0. The first-order valence-corrected chi connectivity index (χ1v) is 8.19. The van der Waals surface area contributed by atoms with E-state index in [1.807, 2.05) is 24.0 Å². The third kappa shape index (κ3) is 3.71. The fourth-order valence-electron chi connectivity index (χ4n) is 3.22. The van der Waals surface area contributed by atoms with Crippen molar-refractivity contribution in [3.63, 3.8) is 0 Å². The Balaban J connectivity index is 1.45. The van der Waals surface area contributed by atoms with E-state index in [2.05, 4.69) is 4.98 Å². The number of nitrogens with zero attached hydrogens (tertiary/aromatic N) is 2. The molecule has 1 amide bonds. The van der Waals surface area contributed by atoms with Crippen LogP contribution in [0.1, 0.15) is 18.9 Å². The van der Waals surface area contributed by atoms with Gasteiger partial charge >= 0.3 is 0 Å². The zero-order valence-corrected chi connectivity index (χ0v) is 13.6. The van der Waals surface area contributed by atoms with Crippen LogP contribution in [-0.2, 0) is 25.6 Å². The molecule has 126 valence electrons. The fourth-order valence-corrected chi connectivity index (χ4v) is 3.22. The van der Waals surface area contributed by atoms with E-state index in [1.54, 1.807) is 12.4 Å². The van der Waals surface area contributed by atoms with E-state index in [1.165, 1.54) is 0 Å². The SMILES string of the molecule is CCOCC(=O)N1CC2(C1)OCCC2COCc1ccncc1. The Hall–Kier alpha value is -1.50. The zero-order valence-electron chi connectivity index (χ0n) is 13.6. The lowest BCUT2D eigenvalue weighted by atomic mass is 9.81. The first-order valence-electron chi connectivity index (χ1n) is 8.19. The van der Waals surface area contributed by atoms with Crippen LogP contribution in [-0.4, -0.2) is 60.9 Å². The molecule has 0 bridgehead atoms. The Morgan fingerprint density at radius 3 is 2.91 bits per heavy atom. The van der Waals surface area contributed by atoms with Crippen molar-refractivity contribution in [2.24, 2.45) is 5.92 Å². The average Bonchev–Trinajstić information content (AvgIpc) is 2.96. The molecule has 6 nitrogen and oxygen atoms in total. The number of pyridine rings is 1. The van der Waals surface area contributed by atoms with E-state index in [-0.39, 0.29) is 18.1 Å². The van der Waals surface area contributed by atoms with E-state index < -0.39 is 0 Å². The maximum atomic E-state index is 11.9. The van der Waals surface area contributed by atoms with Crippen LogP contribution in [0.5, 0.6) is 0 Å². The molecule has 1 atom stereocenters. The molecule has 3 heterocycles. The van der Waals surface area contributed by atoms with Gasteiger partial charge in [-0.25, -0.2) is 0 Å². The Morgan fingerprint density at radius 1 is 1.39 bits per heavy atom.